The van der Waals surface area contributed by atoms with Crippen LogP contribution in [0.25, 0.3) is 99.9 Å². The van der Waals surface area contributed by atoms with Crippen LogP contribution in [0.15, 0.2) is 130 Å². The average molecular weight is 925 g/mol. The molecule has 0 unspecified atom stereocenters. The van der Waals surface area contributed by atoms with Crippen LogP contribution < -0.4 is 10.6 Å². The van der Waals surface area contributed by atoms with E-state index in [0.29, 0.717) is 93.9 Å². The highest BCUT2D eigenvalue weighted by Crippen LogP contribution is 2.46. The molecule has 0 saturated heterocycles. The number of fused-ring (bicyclic) bond motifs is 6. The number of ether oxygens (including phenoxy) is 2. The van der Waals surface area contributed by atoms with Crippen LogP contribution in [0.1, 0.15) is 62.2 Å². The number of aromatic nitrogens is 2. The Bertz CT molecular complexity index is 3740. The Hall–Kier alpha value is -8.78. The molecule has 0 aliphatic heterocycles. The smallest absolute Gasteiger partial charge is 0.338 e. The van der Waals surface area contributed by atoms with Gasteiger partial charge in [-0.1, -0.05) is 12.1 Å². The van der Waals surface area contributed by atoms with Crippen molar-refractivity contribution >= 4 is 67.5 Å². The maximum absolute atomic E-state index is 14.2. The highest BCUT2D eigenvalue weighted by Gasteiger charge is 2.29. The molecule has 4 heterocycles. The molecular weight excluding hydrogens is 883 g/mol. The fraction of sp³-hybridized carbons (Fsp3) is 0.127. The molecule has 344 valence electrons. The third-order valence-electron chi connectivity index (χ3n) is 12.0. The Labute approximate surface area is 392 Å². The van der Waals surface area contributed by atoms with Crippen molar-refractivity contribution in [1.82, 2.24) is 20.6 Å². The number of halogens is 2. The van der Waals surface area contributed by atoms with Crippen LogP contribution in [0.2, 0.25) is 0 Å². The van der Waals surface area contributed by atoms with Crippen LogP contribution in [-0.4, -0.2) is 60.5 Å². The summed E-state index contributed by atoms with van der Waals surface area (Å²) in [6.45, 7) is 5.33. The Balaban J connectivity index is 1.25. The van der Waals surface area contributed by atoms with E-state index in [1.165, 1.54) is 57.6 Å². The minimum atomic E-state index is -0.848. The van der Waals surface area contributed by atoms with Gasteiger partial charge in [0.25, 0.3) is 11.8 Å². The third kappa shape index (κ3) is 7.75. The Morgan fingerprint density at radius 3 is 1.68 bits per heavy atom. The largest absolute Gasteiger partial charge is 0.465 e. The van der Waals surface area contributed by atoms with Gasteiger partial charge in [-0.15, -0.1) is 0 Å². The number of nitrogens with one attached hydrogen (secondary N) is 4. The van der Waals surface area contributed by atoms with Crippen LogP contribution in [0.5, 0.6) is 0 Å². The zero-order valence-corrected chi connectivity index (χ0v) is 38.1. The number of aromatic amines is 2. The van der Waals surface area contributed by atoms with Gasteiger partial charge in [0, 0.05) is 69.8 Å². The van der Waals surface area contributed by atoms with Gasteiger partial charge >= 0.3 is 11.9 Å². The van der Waals surface area contributed by atoms with Gasteiger partial charge < -0.3 is 38.9 Å². The molecular formula is C55H42F2N4O8. The molecule has 69 heavy (non-hydrogen) atoms. The molecule has 4 N–H and O–H groups in total. The van der Waals surface area contributed by atoms with Gasteiger partial charge in [-0.2, -0.15) is 0 Å². The summed E-state index contributed by atoms with van der Waals surface area (Å²) < 4.78 is 52.4. The summed E-state index contributed by atoms with van der Waals surface area (Å²) in [5.74, 6) is -2.43. The predicted molar refractivity (Wildman–Crippen MR) is 260 cm³/mol. The van der Waals surface area contributed by atoms with Gasteiger partial charge in [0.2, 0.25) is 0 Å². The van der Waals surface area contributed by atoms with E-state index in [4.69, 9.17) is 18.3 Å². The summed E-state index contributed by atoms with van der Waals surface area (Å²) in [6, 6.07) is 30.9. The number of carbonyl (C=O) groups excluding carboxylic acids is 4. The molecule has 6 aromatic carbocycles. The van der Waals surface area contributed by atoms with Gasteiger partial charge in [0.15, 0.2) is 0 Å². The average Bonchev–Trinajstić information content (AvgIpc) is 4.17. The Kier molecular flexibility index (Phi) is 10.7. The zero-order chi connectivity index (χ0) is 48.5. The number of hydrogen-bond donors (Lipinski definition) is 4. The van der Waals surface area contributed by atoms with Crippen molar-refractivity contribution in [2.45, 2.75) is 26.4 Å². The molecule has 10 aromatic rings. The SMILES string of the molecule is CNC(=O)c1c(-c2ccc(F)cc2)oc2c1cc(-c1cc(C(=O)OC(C)(C)C)cc(-c3cc4c([nH]3)c(-c3cccc(C(=O)OC)c3)cc3c(C(=O)NC)c(-c5ccc(F)cc5)oc34)c1)c1[nH]ccc12. The van der Waals surface area contributed by atoms with Crippen LogP contribution in [0.3, 0.4) is 0 Å². The molecule has 0 atom stereocenters. The molecule has 2 amide bonds. The number of H-pyrrole nitrogens is 2. The standard InChI is InChI=1S/C55H42F2N4O8/c1-55(2,3)69-54(65)33-22-31(38-25-39-43(51(62)58-4)47(27-10-14-34(56)15-11-27)67-49(39)36-18-19-60-45(36)38)21-32(23-33)42-26-41-46(61-42)37(29-8-7-9-30(20-29)53(64)66-6)24-40-44(52(63)59-5)48(68-50(40)41)28-12-16-35(57)17-13-28/h7-26,60-61H,1-6H3,(H,58,62)(H,59,63). The van der Waals surface area contributed by atoms with Gasteiger partial charge in [-0.25, -0.2) is 18.4 Å². The molecule has 0 fully saturated rings. The summed E-state index contributed by atoms with van der Waals surface area (Å²) >= 11 is 0. The van der Waals surface area contributed by atoms with Crippen molar-refractivity contribution in [2.24, 2.45) is 0 Å². The maximum atomic E-state index is 14.2. The first kappa shape index (κ1) is 44.1. The maximum Gasteiger partial charge on any atom is 0.338 e. The summed E-state index contributed by atoms with van der Waals surface area (Å²) in [4.78, 5) is 61.5. The number of benzene rings is 6. The number of methoxy groups -OCH3 is 1. The molecule has 0 saturated carbocycles. The van der Waals surface area contributed by atoms with Gasteiger partial charge in [-0.05, 0) is 141 Å². The van der Waals surface area contributed by atoms with Crippen molar-refractivity contribution in [3.8, 4) is 56.2 Å². The molecule has 14 heteroatoms. The summed E-state index contributed by atoms with van der Waals surface area (Å²) in [7, 11) is 4.32. The van der Waals surface area contributed by atoms with Crippen LogP contribution in [-0.2, 0) is 9.47 Å². The van der Waals surface area contributed by atoms with E-state index in [1.807, 2.05) is 36.4 Å². The fourth-order valence-electron chi connectivity index (χ4n) is 8.87. The normalized spacial score (nSPS) is 11.7. The number of furan rings is 2. The van der Waals surface area contributed by atoms with E-state index in [-0.39, 0.29) is 28.2 Å². The van der Waals surface area contributed by atoms with E-state index in [2.05, 4.69) is 20.6 Å². The lowest BCUT2D eigenvalue weighted by atomic mass is 9.94. The highest BCUT2D eigenvalue weighted by molar-refractivity contribution is 6.21. The molecule has 0 spiro atoms. The van der Waals surface area contributed by atoms with E-state index in [1.54, 1.807) is 69.4 Å². The van der Waals surface area contributed by atoms with Crippen LogP contribution in [0.4, 0.5) is 8.78 Å². The fourth-order valence-corrected chi connectivity index (χ4v) is 8.87. The highest BCUT2D eigenvalue weighted by atomic mass is 19.1. The topological polar surface area (TPSA) is 169 Å². The first-order chi connectivity index (χ1) is 33.1. The zero-order valence-electron chi connectivity index (χ0n) is 38.1. The molecule has 0 radical (unpaired) electrons. The van der Waals surface area contributed by atoms with E-state index in [9.17, 15) is 28.0 Å². The van der Waals surface area contributed by atoms with Crippen molar-refractivity contribution in [3.05, 3.63) is 155 Å². The van der Waals surface area contributed by atoms with Gasteiger partial charge in [-0.3, -0.25) is 9.59 Å². The number of rotatable bonds is 9. The van der Waals surface area contributed by atoms with Crippen molar-refractivity contribution in [2.75, 3.05) is 21.2 Å². The second kappa shape index (κ2) is 16.8. The predicted octanol–water partition coefficient (Wildman–Crippen LogP) is 12.2. The third-order valence-corrected chi connectivity index (χ3v) is 12.0. The van der Waals surface area contributed by atoms with E-state index >= 15 is 0 Å². The lowest BCUT2D eigenvalue weighted by Gasteiger charge is -2.20. The van der Waals surface area contributed by atoms with Crippen molar-refractivity contribution < 1.29 is 46.3 Å². The first-order valence-corrected chi connectivity index (χ1v) is 21.9. The van der Waals surface area contributed by atoms with Gasteiger partial charge in [0.1, 0.15) is 39.9 Å². The molecule has 10 rings (SSSR count). The van der Waals surface area contributed by atoms with Crippen LogP contribution in [0, 0.1) is 11.6 Å². The Morgan fingerprint density at radius 2 is 1.12 bits per heavy atom. The quantitative estimate of drug-likeness (QED) is 0.104. The molecule has 12 nitrogen and oxygen atoms in total. The van der Waals surface area contributed by atoms with Crippen LogP contribution >= 0.6 is 0 Å². The van der Waals surface area contributed by atoms with Crippen molar-refractivity contribution in [1.29, 1.82) is 0 Å². The second-order valence-corrected chi connectivity index (χ2v) is 17.5. The first-order valence-electron chi connectivity index (χ1n) is 21.9. The summed E-state index contributed by atoms with van der Waals surface area (Å²) in [5.41, 5.74) is 6.57. The summed E-state index contributed by atoms with van der Waals surface area (Å²) in [6.07, 6.45) is 1.75. The van der Waals surface area contributed by atoms with E-state index < -0.39 is 41.0 Å². The number of esters is 2. The molecule has 0 aliphatic rings. The van der Waals surface area contributed by atoms with E-state index in [0.717, 1.165) is 0 Å². The molecule has 4 aromatic heterocycles. The minimum absolute atomic E-state index is 0.214. The number of amides is 2. The lowest BCUT2D eigenvalue weighted by molar-refractivity contribution is 0.00691. The Morgan fingerprint density at radius 1 is 0.565 bits per heavy atom. The number of hydrogen-bond acceptors (Lipinski definition) is 8. The second-order valence-electron chi connectivity index (χ2n) is 17.5. The summed E-state index contributed by atoms with van der Waals surface area (Å²) in [5, 5.41) is 7.58. The molecule has 0 bridgehead atoms. The molecule has 0 aliphatic carbocycles. The minimum Gasteiger partial charge on any atom is -0.465 e. The van der Waals surface area contributed by atoms with Crippen molar-refractivity contribution in [3.63, 3.8) is 0 Å². The monoisotopic (exact) mass is 924 g/mol. The number of carbonyl (C=O) groups is 4. The lowest BCUT2D eigenvalue weighted by Crippen LogP contribution is -2.23. The van der Waals surface area contributed by atoms with Gasteiger partial charge in [0.05, 0.1) is 40.4 Å².